The molecule has 0 aliphatic heterocycles. The summed E-state index contributed by atoms with van der Waals surface area (Å²) in [6.07, 6.45) is 1.61. The van der Waals surface area contributed by atoms with Gasteiger partial charge in [-0.2, -0.15) is 0 Å². The van der Waals surface area contributed by atoms with Crippen molar-refractivity contribution in [2.75, 3.05) is 6.61 Å². The fraction of sp³-hybridized carbons (Fsp3) is 0.357. The molecule has 100 valence electrons. The van der Waals surface area contributed by atoms with Gasteiger partial charge < -0.3 is 4.74 Å². The van der Waals surface area contributed by atoms with Crippen LogP contribution in [0.3, 0.4) is 0 Å². The maximum absolute atomic E-state index is 11.5. The molecule has 1 aromatic heterocycles. The lowest BCUT2D eigenvalue weighted by molar-refractivity contribution is 0.0519. The SMILES string of the molecule is CCOC(=O)c1cn(Cc2ccc(C)cc2C)nn1. The van der Waals surface area contributed by atoms with E-state index in [-0.39, 0.29) is 5.69 Å². The number of nitrogens with zero attached hydrogens (tertiary/aromatic N) is 3. The molecule has 0 amide bonds. The predicted octanol–water partition coefficient (Wildman–Crippen LogP) is 2.12. The average molecular weight is 259 g/mol. The highest BCUT2D eigenvalue weighted by Crippen LogP contribution is 2.12. The van der Waals surface area contributed by atoms with Crippen LogP contribution in [0, 0.1) is 13.8 Å². The Morgan fingerprint density at radius 3 is 2.84 bits per heavy atom. The molecular formula is C14H17N3O2. The van der Waals surface area contributed by atoms with Crippen molar-refractivity contribution in [2.45, 2.75) is 27.3 Å². The summed E-state index contributed by atoms with van der Waals surface area (Å²) in [6.45, 7) is 6.82. The minimum Gasteiger partial charge on any atom is -0.461 e. The zero-order valence-electron chi connectivity index (χ0n) is 11.4. The van der Waals surface area contributed by atoms with Crippen molar-refractivity contribution in [3.05, 3.63) is 46.8 Å². The van der Waals surface area contributed by atoms with E-state index in [1.54, 1.807) is 17.8 Å². The van der Waals surface area contributed by atoms with Crippen LogP contribution < -0.4 is 0 Å². The lowest BCUT2D eigenvalue weighted by Crippen LogP contribution is -2.05. The van der Waals surface area contributed by atoms with Gasteiger partial charge in [0.15, 0.2) is 5.69 Å². The van der Waals surface area contributed by atoms with Crippen LogP contribution in [-0.4, -0.2) is 27.6 Å². The van der Waals surface area contributed by atoms with Gasteiger partial charge in [-0.1, -0.05) is 29.0 Å². The Kier molecular flexibility index (Phi) is 3.94. The normalized spacial score (nSPS) is 10.5. The van der Waals surface area contributed by atoms with E-state index in [9.17, 15) is 4.79 Å². The van der Waals surface area contributed by atoms with Crippen molar-refractivity contribution in [1.82, 2.24) is 15.0 Å². The van der Waals surface area contributed by atoms with Crippen molar-refractivity contribution >= 4 is 5.97 Å². The number of hydrogen-bond donors (Lipinski definition) is 0. The first-order valence-electron chi connectivity index (χ1n) is 6.23. The zero-order chi connectivity index (χ0) is 13.8. The van der Waals surface area contributed by atoms with E-state index in [1.165, 1.54) is 11.1 Å². The Morgan fingerprint density at radius 1 is 1.37 bits per heavy atom. The molecule has 0 N–H and O–H groups in total. The first-order valence-corrected chi connectivity index (χ1v) is 6.23. The summed E-state index contributed by atoms with van der Waals surface area (Å²) in [6, 6.07) is 6.25. The minimum atomic E-state index is -0.436. The lowest BCUT2D eigenvalue weighted by Gasteiger charge is -2.06. The van der Waals surface area contributed by atoms with Gasteiger partial charge in [0.05, 0.1) is 19.3 Å². The third-order valence-corrected chi connectivity index (χ3v) is 2.85. The number of benzene rings is 1. The van der Waals surface area contributed by atoms with E-state index < -0.39 is 5.97 Å². The summed E-state index contributed by atoms with van der Waals surface area (Å²) in [5.74, 6) is -0.436. The molecule has 0 bridgehead atoms. The molecular weight excluding hydrogens is 242 g/mol. The number of hydrogen-bond acceptors (Lipinski definition) is 4. The topological polar surface area (TPSA) is 57.0 Å². The third kappa shape index (κ3) is 3.19. The molecule has 5 nitrogen and oxygen atoms in total. The van der Waals surface area contributed by atoms with E-state index in [2.05, 4.69) is 42.4 Å². The highest BCUT2D eigenvalue weighted by atomic mass is 16.5. The van der Waals surface area contributed by atoms with E-state index in [1.807, 2.05) is 0 Å². The maximum Gasteiger partial charge on any atom is 0.360 e. The Balaban J connectivity index is 2.13. The van der Waals surface area contributed by atoms with E-state index in [4.69, 9.17) is 4.74 Å². The third-order valence-electron chi connectivity index (χ3n) is 2.85. The van der Waals surface area contributed by atoms with Crippen LogP contribution in [0.2, 0.25) is 0 Å². The van der Waals surface area contributed by atoms with Gasteiger partial charge in [-0.25, -0.2) is 9.48 Å². The van der Waals surface area contributed by atoms with Crippen LogP contribution in [0.5, 0.6) is 0 Å². The van der Waals surface area contributed by atoms with Crippen LogP contribution >= 0.6 is 0 Å². The molecule has 0 saturated carbocycles. The van der Waals surface area contributed by atoms with E-state index in [0.717, 1.165) is 5.56 Å². The van der Waals surface area contributed by atoms with E-state index >= 15 is 0 Å². The van der Waals surface area contributed by atoms with Gasteiger partial charge in [0.1, 0.15) is 0 Å². The Labute approximate surface area is 112 Å². The summed E-state index contributed by atoms with van der Waals surface area (Å²) in [4.78, 5) is 11.5. The summed E-state index contributed by atoms with van der Waals surface area (Å²) in [5.41, 5.74) is 3.83. The smallest absolute Gasteiger partial charge is 0.360 e. The molecule has 1 aromatic carbocycles. The molecule has 0 spiro atoms. The van der Waals surface area contributed by atoms with Gasteiger partial charge >= 0.3 is 5.97 Å². The highest BCUT2D eigenvalue weighted by molar-refractivity contribution is 5.86. The maximum atomic E-state index is 11.5. The van der Waals surface area contributed by atoms with Crippen molar-refractivity contribution in [1.29, 1.82) is 0 Å². The van der Waals surface area contributed by atoms with Crippen molar-refractivity contribution in [2.24, 2.45) is 0 Å². The van der Waals surface area contributed by atoms with Gasteiger partial charge in [-0.05, 0) is 31.9 Å². The number of rotatable bonds is 4. The first-order chi connectivity index (χ1) is 9.10. The largest absolute Gasteiger partial charge is 0.461 e. The molecule has 0 aliphatic rings. The van der Waals surface area contributed by atoms with Crippen molar-refractivity contribution < 1.29 is 9.53 Å². The summed E-state index contributed by atoms with van der Waals surface area (Å²) in [7, 11) is 0. The molecule has 2 aromatic rings. The predicted molar refractivity (Wildman–Crippen MR) is 71.0 cm³/mol. The van der Waals surface area contributed by atoms with Gasteiger partial charge in [-0.3, -0.25) is 0 Å². The Bertz CT molecular complexity index is 590. The molecule has 1 heterocycles. The quantitative estimate of drug-likeness (QED) is 0.789. The fourth-order valence-electron chi connectivity index (χ4n) is 1.87. The second-order valence-electron chi connectivity index (χ2n) is 4.45. The molecule has 0 fully saturated rings. The number of ether oxygens (including phenoxy) is 1. The molecule has 0 aliphatic carbocycles. The molecule has 5 heteroatoms. The molecule has 0 radical (unpaired) electrons. The van der Waals surface area contributed by atoms with Crippen molar-refractivity contribution in [3.63, 3.8) is 0 Å². The fourth-order valence-corrected chi connectivity index (χ4v) is 1.87. The Morgan fingerprint density at radius 2 is 2.16 bits per heavy atom. The molecule has 2 rings (SSSR count). The van der Waals surface area contributed by atoms with Crippen LogP contribution in [-0.2, 0) is 11.3 Å². The van der Waals surface area contributed by atoms with Crippen LogP contribution in [0.1, 0.15) is 34.1 Å². The number of esters is 1. The summed E-state index contributed by atoms with van der Waals surface area (Å²) in [5, 5.41) is 7.76. The van der Waals surface area contributed by atoms with Gasteiger partial charge in [0, 0.05) is 0 Å². The lowest BCUT2D eigenvalue weighted by atomic mass is 10.1. The molecule has 19 heavy (non-hydrogen) atoms. The van der Waals surface area contributed by atoms with Crippen LogP contribution in [0.15, 0.2) is 24.4 Å². The van der Waals surface area contributed by atoms with Gasteiger partial charge in [0.2, 0.25) is 0 Å². The standard InChI is InChI=1S/C14H17N3O2/c1-4-19-14(18)13-9-17(16-15-13)8-12-6-5-10(2)7-11(12)3/h5-7,9H,4,8H2,1-3H3. The first kappa shape index (κ1) is 13.3. The van der Waals surface area contributed by atoms with E-state index in [0.29, 0.717) is 13.2 Å². The second-order valence-corrected chi connectivity index (χ2v) is 4.45. The van der Waals surface area contributed by atoms with Crippen LogP contribution in [0.4, 0.5) is 0 Å². The van der Waals surface area contributed by atoms with Gasteiger partial charge in [-0.15, -0.1) is 5.10 Å². The molecule has 0 atom stereocenters. The number of carbonyl (C=O) groups is 1. The average Bonchev–Trinajstić information content (AvgIpc) is 2.82. The van der Waals surface area contributed by atoms with Crippen LogP contribution in [0.25, 0.3) is 0 Å². The second kappa shape index (κ2) is 5.65. The Hall–Kier alpha value is -2.17. The minimum absolute atomic E-state index is 0.242. The highest BCUT2D eigenvalue weighted by Gasteiger charge is 2.11. The molecule has 0 saturated heterocycles. The zero-order valence-corrected chi connectivity index (χ0v) is 11.4. The number of aryl methyl sites for hydroxylation is 2. The van der Waals surface area contributed by atoms with Gasteiger partial charge in [0.25, 0.3) is 0 Å². The summed E-state index contributed by atoms with van der Waals surface area (Å²) >= 11 is 0. The molecule has 0 unspecified atom stereocenters. The summed E-state index contributed by atoms with van der Waals surface area (Å²) < 4.78 is 6.52. The number of aromatic nitrogens is 3. The monoisotopic (exact) mass is 259 g/mol. The van der Waals surface area contributed by atoms with Crippen molar-refractivity contribution in [3.8, 4) is 0 Å². The number of carbonyl (C=O) groups excluding carboxylic acids is 1.